The Morgan fingerprint density at radius 2 is 2.00 bits per heavy atom. The Labute approximate surface area is 68.3 Å². The molecule has 68 valence electrons. The first-order valence-corrected chi connectivity index (χ1v) is 3.12. The summed E-state index contributed by atoms with van der Waals surface area (Å²) in [5.74, 6) is -3.28. The van der Waals surface area contributed by atoms with Crippen LogP contribution in [0, 0.1) is 0 Å². The van der Waals surface area contributed by atoms with E-state index in [2.05, 4.69) is 4.74 Å². The summed E-state index contributed by atoms with van der Waals surface area (Å²) in [6.45, 7) is 0.324. The van der Waals surface area contributed by atoms with Gasteiger partial charge in [0.05, 0.1) is 6.61 Å². The number of hydrogen-bond acceptors (Lipinski definition) is 6. The van der Waals surface area contributed by atoms with Crippen molar-refractivity contribution in [2.45, 2.75) is 13.0 Å². The Morgan fingerprint density at radius 3 is 2.33 bits per heavy atom. The minimum Gasteiger partial charge on any atom is -0.394 e. The van der Waals surface area contributed by atoms with Crippen LogP contribution in [-0.2, 0) is 19.1 Å². The normalized spacial score (nSPS) is 11.9. The van der Waals surface area contributed by atoms with Crippen molar-refractivity contribution in [1.29, 1.82) is 0 Å². The molecule has 0 aliphatic heterocycles. The van der Waals surface area contributed by atoms with E-state index >= 15 is 0 Å². The lowest BCUT2D eigenvalue weighted by molar-refractivity contribution is -0.164. The van der Waals surface area contributed by atoms with Gasteiger partial charge in [0.25, 0.3) is 0 Å². The van der Waals surface area contributed by atoms with Crippen molar-refractivity contribution in [3.05, 3.63) is 0 Å². The predicted octanol–water partition coefficient (Wildman–Crippen LogP) is -2.04. The molecule has 0 amide bonds. The minimum absolute atomic E-state index is 0.635. The number of aliphatic hydroxyl groups is 1. The molecule has 0 rings (SSSR count). The Hall–Kier alpha value is -1.27. The van der Waals surface area contributed by atoms with E-state index in [0.29, 0.717) is 0 Å². The highest BCUT2D eigenvalue weighted by molar-refractivity contribution is 6.34. The maximum atomic E-state index is 10.6. The number of rotatable bonds is 3. The highest BCUT2D eigenvalue weighted by Crippen LogP contribution is 1.86. The van der Waals surface area contributed by atoms with Gasteiger partial charge in [-0.05, 0) is 0 Å². The zero-order chi connectivity index (χ0) is 9.72. The second-order valence-corrected chi connectivity index (χ2v) is 2.05. The van der Waals surface area contributed by atoms with E-state index in [0.717, 1.165) is 6.92 Å². The van der Waals surface area contributed by atoms with Crippen molar-refractivity contribution in [3.8, 4) is 0 Å². The topological polar surface area (TPSA) is 107 Å². The first-order valence-electron chi connectivity index (χ1n) is 3.12. The maximum absolute atomic E-state index is 10.6. The van der Waals surface area contributed by atoms with E-state index in [1.807, 2.05) is 0 Å². The summed E-state index contributed by atoms with van der Waals surface area (Å²) in [5, 5.41) is 8.33. The second kappa shape index (κ2) is 4.58. The molecule has 0 unspecified atom stereocenters. The van der Waals surface area contributed by atoms with Crippen LogP contribution in [0.3, 0.4) is 0 Å². The number of nitrogens with two attached hydrogens (primary N) is 1. The zero-order valence-electron chi connectivity index (χ0n) is 6.44. The number of carbonyl (C=O) groups excluding carboxylic acids is 3. The molecule has 0 saturated heterocycles. The third-order valence-corrected chi connectivity index (χ3v) is 0.980. The van der Waals surface area contributed by atoms with Crippen molar-refractivity contribution in [3.63, 3.8) is 0 Å². The Morgan fingerprint density at radius 1 is 1.50 bits per heavy atom. The van der Waals surface area contributed by atoms with Gasteiger partial charge >= 0.3 is 11.9 Å². The first kappa shape index (κ1) is 10.7. The van der Waals surface area contributed by atoms with Crippen LogP contribution in [-0.4, -0.2) is 35.5 Å². The number of hydrogen-bond donors (Lipinski definition) is 2. The molecule has 0 aliphatic carbocycles. The molecule has 0 aromatic carbocycles. The van der Waals surface area contributed by atoms with Crippen LogP contribution in [0.4, 0.5) is 0 Å². The van der Waals surface area contributed by atoms with E-state index in [1.165, 1.54) is 0 Å². The lowest BCUT2D eigenvalue weighted by atomic mass is 10.3. The van der Waals surface area contributed by atoms with Gasteiger partial charge in [-0.25, -0.2) is 9.59 Å². The standard InChI is InChI=1S/C6H9NO5/c1-3(9)5(10)12-6(11)4(7)2-8/h4,8H,2,7H2,1H3/t4-/m0/s1. The molecule has 0 bridgehead atoms. The fourth-order valence-electron chi connectivity index (χ4n) is 0.313. The smallest absolute Gasteiger partial charge is 0.381 e. The highest BCUT2D eigenvalue weighted by Gasteiger charge is 2.20. The largest absolute Gasteiger partial charge is 0.394 e. The van der Waals surface area contributed by atoms with Crippen molar-refractivity contribution < 1.29 is 24.2 Å². The quantitative estimate of drug-likeness (QED) is 0.291. The maximum Gasteiger partial charge on any atom is 0.381 e. The number of aliphatic hydroxyl groups excluding tert-OH is 1. The summed E-state index contributed by atoms with van der Waals surface area (Å²) in [6.07, 6.45) is 0. The molecule has 6 heteroatoms. The summed E-state index contributed by atoms with van der Waals surface area (Å²) in [5.41, 5.74) is 4.98. The van der Waals surface area contributed by atoms with E-state index in [4.69, 9.17) is 10.8 Å². The molecule has 12 heavy (non-hydrogen) atoms. The van der Waals surface area contributed by atoms with Gasteiger partial charge in [-0.2, -0.15) is 0 Å². The average molecular weight is 175 g/mol. The fourth-order valence-corrected chi connectivity index (χ4v) is 0.313. The van der Waals surface area contributed by atoms with Gasteiger partial charge in [0.1, 0.15) is 6.04 Å². The summed E-state index contributed by atoms with van der Waals surface area (Å²) < 4.78 is 3.95. The third-order valence-electron chi connectivity index (χ3n) is 0.980. The third kappa shape index (κ3) is 3.22. The number of ether oxygens (including phenoxy) is 1. The highest BCUT2D eigenvalue weighted by atomic mass is 16.6. The Kier molecular flexibility index (Phi) is 4.09. The number of Topliss-reactive ketones (excluding diaryl/α,β-unsaturated/α-hetero) is 1. The molecule has 0 aliphatic rings. The van der Waals surface area contributed by atoms with Crippen molar-refractivity contribution in [2.75, 3.05) is 6.61 Å². The fraction of sp³-hybridized carbons (Fsp3) is 0.500. The SMILES string of the molecule is CC(=O)C(=O)OC(=O)[C@@H](N)CO. The van der Waals surface area contributed by atoms with Gasteiger partial charge in [0.2, 0.25) is 5.78 Å². The molecule has 0 radical (unpaired) electrons. The van der Waals surface area contributed by atoms with Crippen LogP contribution in [0.15, 0.2) is 0 Å². The molecule has 1 atom stereocenters. The Balaban J connectivity index is 4.01. The lowest BCUT2D eigenvalue weighted by Crippen LogP contribution is -2.37. The van der Waals surface area contributed by atoms with Gasteiger partial charge in [0.15, 0.2) is 0 Å². The molecular weight excluding hydrogens is 166 g/mol. The van der Waals surface area contributed by atoms with E-state index in [1.54, 1.807) is 0 Å². The van der Waals surface area contributed by atoms with Gasteiger partial charge in [-0.1, -0.05) is 0 Å². The number of carbonyl (C=O) groups is 3. The molecule has 3 N–H and O–H groups in total. The van der Waals surface area contributed by atoms with E-state index in [-0.39, 0.29) is 0 Å². The minimum atomic E-state index is -1.28. The zero-order valence-corrected chi connectivity index (χ0v) is 6.44. The molecule has 0 aromatic heterocycles. The molecule has 0 spiro atoms. The summed E-state index contributed by atoms with van der Waals surface area (Å²) in [4.78, 5) is 31.3. The molecule has 0 saturated carbocycles. The van der Waals surface area contributed by atoms with E-state index in [9.17, 15) is 14.4 Å². The predicted molar refractivity (Wildman–Crippen MR) is 36.8 cm³/mol. The molecule has 0 heterocycles. The van der Waals surface area contributed by atoms with Crippen LogP contribution in [0.5, 0.6) is 0 Å². The van der Waals surface area contributed by atoms with Gasteiger partial charge < -0.3 is 15.6 Å². The van der Waals surface area contributed by atoms with Crippen molar-refractivity contribution in [1.82, 2.24) is 0 Å². The summed E-state index contributed by atoms with van der Waals surface area (Å²) >= 11 is 0. The summed E-state index contributed by atoms with van der Waals surface area (Å²) in [6, 6.07) is -1.28. The molecule has 6 nitrogen and oxygen atoms in total. The number of esters is 2. The van der Waals surface area contributed by atoms with E-state index < -0.39 is 30.4 Å². The molecular formula is C6H9NO5. The van der Waals surface area contributed by atoms with Crippen molar-refractivity contribution >= 4 is 17.7 Å². The monoisotopic (exact) mass is 175 g/mol. The lowest BCUT2D eigenvalue weighted by Gasteiger charge is -2.04. The van der Waals surface area contributed by atoms with Crippen molar-refractivity contribution in [2.24, 2.45) is 5.73 Å². The van der Waals surface area contributed by atoms with Crippen LogP contribution < -0.4 is 5.73 Å². The van der Waals surface area contributed by atoms with Crippen LogP contribution in [0.2, 0.25) is 0 Å². The average Bonchev–Trinajstić information content (AvgIpc) is 2.02. The van der Waals surface area contributed by atoms with Crippen LogP contribution in [0.25, 0.3) is 0 Å². The van der Waals surface area contributed by atoms with Crippen LogP contribution >= 0.6 is 0 Å². The summed E-state index contributed by atoms with van der Waals surface area (Å²) in [7, 11) is 0. The van der Waals surface area contributed by atoms with Gasteiger partial charge in [-0.15, -0.1) is 0 Å². The second-order valence-electron chi connectivity index (χ2n) is 2.05. The molecule has 0 aromatic rings. The van der Waals surface area contributed by atoms with Gasteiger partial charge in [-0.3, -0.25) is 4.79 Å². The molecule has 0 fully saturated rings. The van der Waals surface area contributed by atoms with Gasteiger partial charge in [0, 0.05) is 6.92 Å². The van der Waals surface area contributed by atoms with Crippen LogP contribution in [0.1, 0.15) is 6.92 Å². The number of ketones is 1. The first-order chi connectivity index (χ1) is 5.49. The Bertz CT molecular complexity index is 212.